The van der Waals surface area contributed by atoms with Crippen molar-refractivity contribution in [2.75, 3.05) is 0 Å². The smallest absolute Gasteiger partial charge is 0.102 e. The minimum Gasteiger partial charge on any atom is -0.365 e. The van der Waals surface area contributed by atoms with E-state index >= 15 is 0 Å². The van der Waals surface area contributed by atoms with Crippen LogP contribution in [-0.4, -0.2) is 6.10 Å². The summed E-state index contributed by atoms with van der Waals surface area (Å²) in [5.74, 6) is 0. The van der Waals surface area contributed by atoms with E-state index in [9.17, 15) is 0 Å². The second kappa shape index (κ2) is 4.46. The summed E-state index contributed by atoms with van der Waals surface area (Å²) in [6.07, 6.45) is 8.55. The van der Waals surface area contributed by atoms with E-state index in [2.05, 4.69) is 67.6 Å². The molecule has 1 aliphatic carbocycles. The van der Waals surface area contributed by atoms with Crippen molar-refractivity contribution in [3.63, 3.8) is 0 Å². The van der Waals surface area contributed by atoms with Crippen LogP contribution in [-0.2, 0) is 11.3 Å². The Morgan fingerprint density at radius 1 is 1.05 bits per heavy atom. The Balaban J connectivity index is 2.01. The molecule has 2 aromatic rings. The summed E-state index contributed by atoms with van der Waals surface area (Å²) in [5.41, 5.74) is 5.23. The van der Waals surface area contributed by atoms with Gasteiger partial charge in [0.2, 0.25) is 0 Å². The Hall–Kier alpha value is -2.12. The van der Waals surface area contributed by atoms with Gasteiger partial charge in [-0.05, 0) is 52.1 Å². The molecule has 1 unspecified atom stereocenters. The predicted octanol–water partition coefficient (Wildman–Crippen LogP) is 4.64. The minimum atomic E-state index is 0.0821. The number of fused-ring (bicyclic) bond motifs is 4. The van der Waals surface area contributed by atoms with Crippen molar-refractivity contribution in [1.82, 2.24) is 0 Å². The molecule has 1 aliphatic heterocycles. The lowest BCUT2D eigenvalue weighted by molar-refractivity contribution is 0.100. The molecule has 2 aromatic carbocycles. The summed E-state index contributed by atoms with van der Waals surface area (Å²) in [6.45, 7) is 2.85. The molecule has 1 nitrogen and oxygen atoms in total. The quantitative estimate of drug-likeness (QED) is 0.670. The number of hydrogen-bond donors (Lipinski definition) is 0. The van der Waals surface area contributed by atoms with Crippen molar-refractivity contribution >= 4 is 16.3 Å². The highest BCUT2D eigenvalue weighted by molar-refractivity contribution is 5.90. The van der Waals surface area contributed by atoms with E-state index in [0.29, 0.717) is 6.61 Å². The highest BCUT2D eigenvalue weighted by Crippen LogP contribution is 2.37. The van der Waals surface area contributed by atoms with Crippen LogP contribution in [0.5, 0.6) is 0 Å². The van der Waals surface area contributed by atoms with Crippen molar-refractivity contribution in [3.8, 4) is 0 Å². The van der Waals surface area contributed by atoms with Crippen molar-refractivity contribution in [2.24, 2.45) is 0 Å². The molecule has 1 heteroatoms. The van der Waals surface area contributed by atoms with Gasteiger partial charge in [0.05, 0.1) is 6.61 Å². The first kappa shape index (κ1) is 11.7. The van der Waals surface area contributed by atoms with Crippen LogP contribution in [0.2, 0.25) is 0 Å². The van der Waals surface area contributed by atoms with Gasteiger partial charge in [-0.2, -0.15) is 0 Å². The van der Waals surface area contributed by atoms with Crippen LogP contribution < -0.4 is 0 Å². The van der Waals surface area contributed by atoms with Gasteiger partial charge in [-0.15, -0.1) is 0 Å². The monoisotopic (exact) mass is 260 g/mol. The number of allylic oxidation sites excluding steroid dienone is 4. The maximum atomic E-state index is 6.02. The van der Waals surface area contributed by atoms with Gasteiger partial charge in [0.1, 0.15) is 6.10 Å². The van der Waals surface area contributed by atoms with Crippen LogP contribution in [0, 0.1) is 0 Å². The summed E-state index contributed by atoms with van der Waals surface area (Å²) in [7, 11) is 0. The maximum Gasteiger partial charge on any atom is 0.102 e. The second-order valence-corrected chi connectivity index (χ2v) is 5.43. The van der Waals surface area contributed by atoms with E-state index in [1.165, 1.54) is 33.0 Å². The Kier molecular flexibility index (Phi) is 2.61. The summed E-state index contributed by atoms with van der Waals surface area (Å²) in [4.78, 5) is 0. The average molecular weight is 260 g/mol. The van der Waals surface area contributed by atoms with E-state index < -0.39 is 0 Å². The molecule has 2 aliphatic rings. The number of benzene rings is 2. The largest absolute Gasteiger partial charge is 0.365 e. The standard InChI is InChI=1S/C19H16O/c1-13-6-2-5-9-18-19(13)17-11-15-8-4-3-7-14(15)10-16(17)12-20-18/h2-11,18H,12H2,1H3. The van der Waals surface area contributed by atoms with Gasteiger partial charge in [0.15, 0.2) is 0 Å². The molecule has 0 spiro atoms. The van der Waals surface area contributed by atoms with Crippen molar-refractivity contribution in [1.29, 1.82) is 0 Å². The van der Waals surface area contributed by atoms with Gasteiger partial charge in [0.25, 0.3) is 0 Å². The van der Waals surface area contributed by atoms with Crippen molar-refractivity contribution in [3.05, 3.63) is 77.4 Å². The van der Waals surface area contributed by atoms with Gasteiger partial charge in [-0.25, -0.2) is 0 Å². The molecular formula is C19H16O. The summed E-state index contributed by atoms with van der Waals surface area (Å²) >= 11 is 0. The molecule has 1 atom stereocenters. The molecule has 0 bridgehead atoms. The third-order valence-corrected chi connectivity index (χ3v) is 4.13. The van der Waals surface area contributed by atoms with E-state index in [-0.39, 0.29) is 6.10 Å². The van der Waals surface area contributed by atoms with Crippen LogP contribution in [0.3, 0.4) is 0 Å². The summed E-state index contributed by atoms with van der Waals surface area (Å²) < 4.78 is 6.02. The van der Waals surface area contributed by atoms with E-state index in [4.69, 9.17) is 4.74 Å². The highest BCUT2D eigenvalue weighted by Gasteiger charge is 2.25. The van der Waals surface area contributed by atoms with Crippen LogP contribution in [0.25, 0.3) is 16.3 Å². The molecule has 1 heterocycles. The first-order valence-electron chi connectivity index (χ1n) is 7.02. The molecule has 0 saturated heterocycles. The van der Waals surface area contributed by atoms with Crippen LogP contribution in [0.1, 0.15) is 18.1 Å². The van der Waals surface area contributed by atoms with Crippen LogP contribution >= 0.6 is 0 Å². The summed E-state index contributed by atoms with van der Waals surface area (Å²) in [5, 5.41) is 2.58. The zero-order valence-corrected chi connectivity index (χ0v) is 11.5. The van der Waals surface area contributed by atoms with Crippen molar-refractivity contribution in [2.45, 2.75) is 19.6 Å². The SMILES string of the molecule is CC1=C2c3cc4ccccc4cc3COC2C=CC=C1. The van der Waals surface area contributed by atoms with Crippen molar-refractivity contribution < 1.29 is 4.74 Å². The molecule has 0 aromatic heterocycles. The lowest BCUT2D eigenvalue weighted by Crippen LogP contribution is -2.20. The molecule has 20 heavy (non-hydrogen) atoms. The second-order valence-electron chi connectivity index (χ2n) is 5.43. The molecule has 0 saturated carbocycles. The topological polar surface area (TPSA) is 9.23 Å². The zero-order chi connectivity index (χ0) is 13.5. The molecule has 0 amide bonds. The molecular weight excluding hydrogens is 244 g/mol. The maximum absolute atomic E-state index is 6.02. The first-order chi connectivity index (χ1) is 9.83. The highest BCUT2D eigenvalue weighted by atomic mass is 16.5. The fourth-order valence-corrected chi connectivity index (χ4v) is 3.12. The Morgan fingerprint density at radius 2 is 1.85 bits per heavy atom. The Morgan fingerprint density at radius 3 is 2.70 bits per heavy atom. The molecule has 0 fully saturated rings. The zero-order valence-electron chi connectivity index (χ0n) is 11.5. The Labute approximate surface area is 118 Å². The fraction of sp³-hybridized carbons (Fsp3) is 0.158. The number of hydrogen-bond acceptors (Lipinski definition) is 1. The lowest BCUT2D eigenvalue weighted by atomic mass is 9.88. The first-order valence-corrected chi connectivity index (χ1v) is 7.02. The normalized spacial score (nSPS) is 20.8. The third kappa shape index (κ3) is 1.75. The van der Waals surface area contributed by atoms with Gasteiger partial charge < -0.3 is 4.74 Å². The van der Waals surface area contributed by atoms with Crippen LogP contribution in [0.15, 0.2) is 66.3 Å². The van der Waals surface area contributed by atoms with Gasteiger partial charge in [-0.1, -0.05) is 48.6 Å². The molecule has 0 N–H and O–H groups in total. The summed E-state index contributed by atoms with van der Waals surface area (Å²) in [6, 6.07) is 13.1. The van der Waals surface area contributed by atoms with E-state index in [1.54, 1.807) is 0 Å². The minimum absolute atomic E-state index is 0.0821. The Bertz CT molecular complexity index is 777. The van der Waals surface area contributed by atoms with E-state index in [0.717, 1.165) is 0 Å². The molecule has 0 radical (unpaired) electrons. The average Bonchev–Trinajstić information content (AvgIpc) is 2.67. The van der Waals surface area contributed by atoms with Gasteiger partial charge >= 0.3 is 0 Å². The van der Waals surface area contributed by atoms with Gasteiger partial charge in [-0.3, -0.25) is 0 Å². The lowest BCUT2D eigenvalue weighted by Gasteiger charge is -2.28. The number of rotatable bonds is 0. The van der Waals surface area contributed by atoms with Crippen LogP contribution in [0.4, 0.5) is 0 Å². The van der Waals surface area contributed by atoms with Gasteiger partial charge in [0, 0.05) is 0 Å². The number of ether oxygens (including phenoxy) is 1. The third-order valence-electron chi connectivity index (χ3n) is 4.13. The molecule has 98 valence electrons. The fourth-order valence-electron chi connectivity index (χ4n) is 3.12. The predicted molar refractivity (Wildman–Crippen MR) is 83.4 cm³/mol. The van der Waals surface area contributed by atoms with E-state index in [1.807, 2.05) is 0 Å². The molecule has 4 rings (SSSR count).